The molecule has 0 aliphatic heterocycles. The number of aliphatic hydroxyl groups excluding tert-OH is 3. The fourth-order valence-corrected chi connectivity index (χ4v) is 2.32. The molecular weight excluding hydrogens is 332 g/mol. The van der Waals surface area contributed by atoms with Crippen LogP contribution in [-0.4, -0.2) is 46.7 Å². The van der Waals surface area contributed by atoms with Crippen molar-refractivity contribution in [1.29, 1.82) is 0 Å². The van der Waals surface area contributed by atoms with Gasteiger partial charge in [0.25, 0.3) is 0 Å². The molecule has 5 nitrogen and oxygen atoms in total. The third kappa shape index (κ3) is 13.8. The van der Waals surface area contributed by atoms with E-state index in [0.717, 1.165) is 25.7 Å². The zero-order valence-electron chi connectivity index (χ0n) is 16.2. The predicted octanol–water partition coefficient (Wildman–Crippen LogP) is 3.44. The number of hydrogen-bond acceptors (Lipinski definition) is 5. The Balaban J connectivity index is 3.92. The second-order valence-corrected chi connectivity index (χ2v) is 6.36. The first kappa shape index (κ1) is 24.6. The van der Waals surface area contributed by atoms with E-state index in [1.54, 1.807) is 6.08 Å². The van der Waals surface area contributed by atoms with Crippen molar-refractivity contribution >= 4 is 5.97 Å². The number of carbonyl (C=O) groups is 1. The van der Waals surface area contributed by atoms with E-state index in [1.807, 2.05) is 24.3 Å². The molecular formula is C21H36O5. The van der Waals surface area contributed by atoms with Gasteiger partial charge in [-0.3, -0.25) is 4.79 Å². The molecule has 0 aliphatic carbocycles. The molecule has 0 fully saturated rings. The van der Waals surface area contributed by atoms with Crippen molar-refractivity contribution in [2.75, 3.05) is 7.11 Å². The van der Waals surface area contributed by atoms with E-state index in [-0.39, 0.29) is 5.97 Å². The summed E-state index contributed by atoms with van der Waals surface area (Å²) < 4.78 is 4.56. The Bertz CT molecular complexity index is 428. The van der Waals surface area contributed by atoms with Crippen LogP contribution in [0.3, 0.4) is 0 Å². The van der Waals surface area contributed by atoms with Crippen molar-refractivity contribution in [3.8, 4) is 0 Å². The van der Waals surface area contributed by atoms with Gasteiger partial charge in [0, 0.05) is 6.42 Å². The van der Waals surface area contributed by atoms with Crippen molar-refractivity contribution < 1.29 is 24.9 Å². The van der Waals surface area contributed by atoms with Crippen LogP contribution in [0, 0.1) is 0 Å². The molecule has 3 N–H and O–H groups in total. The van der Waals surface area contributed by atoms with Crippen LogP contribution in [0.25, 0.3) is 0 Å². The number of carbonyl (C=O) groups excluding carboxylic acids is 1. The lowest BCUT2D eigenvalue weighted by Gasteiger charge is -2.19. The normalized spacial score (nSPS) is 15.7. The highest BCUT2D eigenvalue weighted by Crippen LogP contribution is 2.08. The quantitative estimate of drug-likeness (QED) is 0.234. The summed E-state index contributed by atoms with van der Waals surface area (Å²) in [5.74, 6) is -0.204. The summed E-state index contributed by atoms with van der Waals surface area (Å²) in [5.41, 5.74) is 0. The standard InChI is InChI=1S/C21H36O5/c1-3-4-5-6-9-12-15-18(22)21(25)19(23)16-13-10-7-8-11-14-17-20(24)26-2/h7-9,12-13,16,18-19,21-23,25H,3-6,10-11,14-15,17H2,1-2H3/b8-7-,12-9-,16-13-/t18-,19+,21+/m0/s1. The minimum atomic E-state index is -1.20. The molecule has 150 valence electrons. The smallest absolute Gasteiger partial charge is 0.305 e. The molecule has 0 heterocycles. The Morgan fingerprint density at radius 2 is 1.65 bits per heavy atom. The number of esters is 1. The largest absolute Gasteiger partial charge is 0.469 e. The summed E-state index contributed by atoms with van der Waals surface area (Å²) in [6.07, 6.45) is 15.1. The second kappa shape index (κ2) is 17.0. The lowest BCUT2D eigenvalue weighted by molar-refractivity contribution is -0.140. The van der Waals surface area contributed by atoms with Gasteiger partial charge >= 0.3 is 5.97 Å². The zero-order chi connectivity index (χ0) is 19.6. The van der Waals surface area contributed by atoms with Gasteiger partial charge in [0.2, 0.25) is 0 Å². The van der Waals surface area contributed by atoms with Crippen LogP contribution in [0.2, 0.25) is 0 Å². The van der Waals surface area contributed by atoms with Crippen molar-refractivity contribution in [1.82, 2.24) is 0 Å². The van der Waals surface area contributed by atoms with Gasteiger partial charge in [-0.15, -0.1) is 0 Å². The van der Waals surface area contributed by atoms with Crippen molar-refractivity contribution in [3.63, 3.8) is 0 Å². The van der Waals surface area contributed by atoms with E-state index in [4.69, 9.17) is 0 Å². The number of unbranched alkanes of at least 4 members (excludes halogenated alkanes) is 4. The Morgan fingerprint density at radius 3 is 2.35 bits per heavy atom. The summed E-state index contributed by atoms with van der Waals surface area (Å²) in [6, 6.07) is 0. The molecule has 0 spiro atoms. The number of hydrogen-bond donors (Lipinski definition) is 3. The van der Waals surface area contributed by atoms with Gasteiger partial charge in [-0.2, -0.15) is 0 Å². The molecule has 26 heavy (non-hydrogen) atoms. The molecule has 0 rings (SSSR count). The van der Waals surface area contributed by atoms with Crippen molar-refractivity contribution in [3.05, 3.63) is 36.5 Å². The van der Waals surface area contributed by atoms with Gasteiger partial charge in [0.1, 0.15) is 12.2 Å². The van der Waals surface area contributed by atoms with Crippen molar-refractivity contribution in [2.45, 2.75) is 83.0 Å². The van der Waals surface area contributed by atoms with Crippen LogP contribution in [0.15, 0.2) is 36.5 Å². The number of ether oxygens (including phenoxy) is 1. The highest BCUT2D eigenvalue weighted by atomic mass is 16.5. The van der Waals surface area contributed by atoms with Crippen LogP contribution >= 0.6 is 0 Å². The number of methoxy groups -OCH3 is 1. The summed E-state index contributed by atoms with van der Waals surface area (Å²) in [5, 5.41) is 29.7. The van der Waals surface area contributed by atoms with Gasteiger partial charge < -0.3 is 20.1 Å². The van der Waals surface area contributed by atoms with E-state index in [0.29, 0.717) is 19.3 Å². The van der Waals surface area contributed by atoms with E-state index in [1.165, 1.54) is 26.0 Å². The molecule has 5 heteroatoms. The number of aliphatic hydroxyl groups is 3. The number of rotatable bonds is 15. The van der Waals surface area contributed by atoms with Crippen LogP contribution < -0.4 is 0 Å². The van der Waals surface area contributed by atoms with Gasteiger partial charge in [-0.1, -0.05) is 56.2 Å². The van der Waals surface area contributed by atoms with E-state index in [9.17, 15) is 20.1 Å². The zero-order valence-corrected chi connectivity index (χ0v) is 16.2. The minimum absolute atomic E-state index is 0.204. The first-order valence-electron chi connectivity index (χ1n) is 9.60. The second-order valence-electron chi connectivity index (χ2n) is 6.36. The van der Waals surface area contributed by atoms with E-state index < -0.39 is 18.3 Å². The molecule has 0 aromatic heterocycles. The number of allylic oxidation sites excluding steroid dienone is 4. The van der Waals surface area contributed by atoms with E-state index >= 15 is 0 Å². The molecule has 0 saturated carbocycles. The topological polar surface area (TPSA) is 87.0 Å². The molecule has 0 saturated heterocycles. The van der Waals surface area contributed by atoms with Gasteiger partial charge in [0.05, 0.1) is 13.2 Å². The van der Waals surface area contributed by atoms with Crippen LogP contribution in [0.5, 0.6) is 0 Å². The Kier molecular flexibility index (Phi) is 16.1. The van der Waals surface area contributed by atoms with Crippen LogP contribution in [-0.2, 0) is 9.53 Å². The van der Waals surface area contributed by atoms with Crippen molar-refractivity contribution in [2.24, 2.45) is 0 Å². The molecule has 0 radical (unpaired) electrons. The average Bonchev–Trinajstić information content (AvgIpc) is 2.65. The molecule has 0 aliphatic rings. The molecule has 0 aromatic carbocycles. The Labute approximate surface area is 158 Å². The lowest BCUT2D eigenvalue weighted by atomic mass is 10.0. The first-order chi connectivity index (χ1) is 12.5. The fraction of sp³-hybridized carbons (Fsp3) is 0.667. The highest BCUT2D eigenvalue weighted by molar-refractivity contribution is 5.69. The molecule has 0 amide bonds. The predicted molar refractivity (Wildman–Crippen MR) is 105 cm³/mol. The third-order valence-corrected chi connectivity index (χ3v) is 4.01. The molecule has 0 unspecified atom stereocenters. The first-order valence-corrected chi connectivity index (χ1v) is 9.60. The SMILES string of the molecule is CCCCC/C=C\C[C@H](O)[C@@H](O)[C@H](O)/C=C\C/C=C\CCCC(=O)OC. The molecule has 0 bridgehead atoms. The summed E-state index contributed by atoms with van der Waals surface area (Å²) in [7, 11) is 1.38. The van der Waals surface area contributed by atoms with Crippen LogP contribution in [0.1, 0.15) is 64.7 Å². The van der Waals surface area contributed by atoms with Gasteiger partial charge in [-0.05, 0) is 38.5 Å². The summed E-state index contributed by atoms with van der Waals surface area (Å²) >= 11 is 0. The third-order valence-electron chi connectivity index (χ3n) is 4.01. The minimum Gasteiger partial charge on any atom is -0.469 e. The average molecular weight is 369 g/mol. The maximum atomic E-state index is 10.9. The molecule has 0 aromatic rings. The highest BCUT2D eigenvalue weighted by Gasteiger charge is 2.21. The van der Waals surface area contributed by atoms with Gasteiger partial charge in [0.15, 0.2) is 0 Å². The molecule has 3 atom stereocenters. The lowest BCUT2D eigenvalue weighted by Crippen LogP contribution is -2.35. The summed E-state index contributed by atoms with van der Waals surface area (Å²) in [6.45, 7) is 2.15. The fourth-order valence-electron chi connectivity index (χ4n) is 2.32. The van der Waals surface area contributed by atoms with E-state index in [2.05, 4.69) is 11.7 Å². The monoisotopic (exact) mass is 368 g/mol. The van der Waals surface area contributed by atoms with Gasteiger partial charge in [-0.25, -0.2) is 0 Å². The Morgan fingerprint density at radius 1 is 0.962 bits per heavy atom. The maximum absolute atomic E-state index is 10.9. The summed E-state index contributed by atoms with van der Waals surface area (Å²) in [4.78, 5) is 10.9. The van der Waals surface area contributed by atoms with Crippen LogP contribution in [0.4, 0.5) is 0 Å². The Hall–Kier alpha value is -1.43. The maximum Gasteiger partial charge on any atom is 0.305 e.